The number of benzene rings is 1. The average molecular weight is 408 g/mol. The number of rotatable bonds is 6. The molecule has 2 aliphatic rings. The lowest BCUT2D eigenvalue weighted by Crippen LogP contribution is -2.40. The molecule has 7 nitrogen and oxygen atoms in total. The number of alkyl halides is 3. The monoisotopic (exact) mass is 408 g/mol. The molecule has 0 aromatic heterocycles. The molecule has 27 heavy (non-hydrogen) atoms. The topological polar surface area (TPSA) is 79.5 Å². The molecule has 2 unspecified atom stereocenters. The molecule has 150 valence electrons. The van der Waals surface area contributed by atoms with Gasteiger partial charge in [0.1, 0.15) is 5.75 Å². The molecule has 2 atom stereocenters. The first-order valence-corrected chi connectivity index (χ1v) is 9.66. The second-order valence-corrected chi connectivity index (χ2v) is 8.25. The number of ether oxygens (including phenoxy) is 2. The van der Waals surface area contributed by atoms with Crippen LogP contribution in [0, 0.1) is 0 Å². The van der Waals surface area contributed by atoms with Crippen LogP contribution in [0.5, 0.6) is 5.75 Å². The van der Waals surface area contributed by atoms with Gasteiger partial charge in [-0.1, -0.05) is 0 Å². The maximum atomic E-state index is 13.1. The summed E-state index contributed by atoms with van der Waals surface area (Å²) in [5, 5.41) is 0. The minimum atomic E-state index is -5.51. The van der Waals surface area contributed by atoms with E-state index in [1.807, 2.05) is 0 Å². The number of nitrogens with zero attached hydrogens (tertiary/aromatic N) is 2. The minimum Gasteiger partial charge on any atom is -0.497 e. The fourth-order valence-corrected chi connectivity index (χ4v) is 4.28. The molecule has 2 aliphatic heterocycles. The van der Waals surface area contributed by atoms with E-state index in [4.69, 9.17) is 9.47 Å². The standard InChI is InChI=1S/C16H19F3N2O5S/c1-10(22)20(15-9-26-15)6-5-11-8-21(27(23,24)16(17,18)19)14-4-3-12(25-2)7-13(11)14/h3-4,7,11,15H,5-6,8-9H2,1-2H3. The molecule has 0 bridgehead atoms. The van der Waals surface area contributed by atoms with Crippen LogP contribution < -0.4 is 9.04 Å². The first-order chi connectivity index (χ1) is 12.6. The maximum absolute atomic E-state index is 13.1. The Hall–Kier alpha value is -2.01. The summed E-state index contributed by atoms with van der Waals surface area (Å²) in [5.41, 5.74) is -4.97. The van der Waals surface area contributed by atoms with E-state index in [2.05, 4.69) is 0 Å². The summed E-state index contributed by atoms with van der Waals surface area (Å²) < 4.78 is 73.7. The highest BCUT2D eigenvalue weighted by atomic mass is 32.2. The fraction of sp³-hybridized carbons (Fsp3) is 0.562. The summed E-state index contributed by atoms with van der Waals surface area (Å²) in [6.45, 7) is 1.71. The van der Waals surface area contributed by atoms with E-state index in [-0.39, 0.29) is 30.9 Å². The number of hydrogen-bond acceptors (Lipinski definition) is 5. The van der Waals surface area contributed by atoms with Gasteiger partial charge in [-0.15, -0.1) is 0 Å². The zero-order valence-corrected chi connectivity index (χ0v) is 15.5. The molecular formula is C16H19F3N2O5S. The zero-order valence-electron chi connectivity index (χ0n) is 14.7. The lowest BCUT2D eigenvalue weighted by Gasteiger charge is -2.22. The van der Waals surface area contributed by atoms with Gasteiger partial charge in [-0.3, -0.25) is 9.10 Å². The van der Waals surface area contributed by atoms with Crippen LogP contribution in [0.2, 0.25) is 0 Å². The molecule has 1 aromatic carbocycles. The summed E-state index contributed by atoms with van der Waals surface area (Å²) in [6.07, 6.45) is -0.0209. The first-order valence-electron chi connectivity index (χ1n) is 8.22. The predicted octanol–water partition coefficient (Wildman–Crippen LogP) is 2.04. The van der Waals surface area contributed by atoms with Crippen LogP contribution in [0.3, 0.4) is 0 Å². The van der Waals surface area contributed by atoms with Crippen LogP contribution in [0.1, 0.15) is 24.8 Å². The van der Waals surface area contributed by atoms with Crippen molar-refractivity contribution < 1.29 is 35.9 Å². The Morgan fingerprint density at radius 3 is 2.59 bits per heavy atom. The third-order valence-corrected chi connectivity index (χ3v) is 6.21. The molecule has 1 saturated heterocycles. The van der Waals surface area contributed by atoms with Gasteiger partial charge < -0.3 is 14.4 Å². The number of sulfonamides is 1. The van der Waals surface area contributed by atoms with Crippen LogP contribution in [-0.4, -0.2) is 57.8 Å². The Bertz CT molecular complexity index is 839. The van der Waals surface area contributed by atoms with E-state index in [9.17, 15) is 26.4 Å². The van der Waals surface area contributed by atoms with Gasteiger partial charge in [0.2, 0.25) is 5.91 Å². The molecule has 0 N–H and O–H groups in total. The lowest BCUT2D eigenvalue weighted by molar-refractivity contribution is -0.131. The van der Waals surface area contributed by atoms with Crippen molar-refractivity contribution >= 4 is 21.6 Å². The smallest absolute Gasteiger partial charge is 0.497 e. The largest absolute Gasteiger partial charge is 0.516 e. The quantitative estimate of drug-likeness (QED) is 0.673. The van der Waals surface area contributed by atoms with E-state index in [1.54, 1.807) is 0 Å². The third kappa shape index (κ3) is 3.70. The Morgan fingerprint density at radius 2 is 2.07 bits per heavy atom. The second-order valence-electron chi connectivity index (χ2n) is 6.39. The van der Waals surface area contributed by atoms with E-state index >= 15 is 0 Å². The molecule has 0 aliphatic carbocycles. The molecular weight excluding hydrogens is 389 g/mol. The third-order valence-electron chi connectivity index (χ3n) is 4.70. The number of carbonyl (C=O) groups is 1. The first kappa shape index (κ1) is 19.7. The van der Waals surface area contributed by atoms with E-state index in [0.29, 0.717) is 28.6 Å². The van der Waals surface area contributed by atoms with Crippen molar-refractivity contribution in [3.8, 4) is 5.75 Å². The van der Waals surface area contributed by atoms with Gasteiger partial charge in [0.25, 0.3) is 0 Å². The molecule has 1 amide bonds. The fourth-order valence-electron chi connectivity index (χ4n) is 3.23. The average Bonchev–Trinajstić information content (AvgIpc) is 3.34. The number of anilines is 1. The van der Waals surface area contributed by atoms with Gasteiger partial charge in [-0.25, -0.2) is 0 Å². The van der Waals surface area contributed by atoms with E-state index in [1.165, 1.54) is 37.1 Å². The normalized spacial score (nSPS) is 21.7. The minimum absolute atomic E-state index is 0.0184. The molecule has 1 aromatic rings. The number of hydrogen-bond donors (Lipinski definition) is 0. The van der Waals surface area contributed by atoms with Gasteiger partial charge in [-0.05, 0) is 30.2 Å². The van der Waals surface area contributed by atoms with Gasteiger partial charge in [0.05, 0.1) is 19.4 Å². The Balaban J connectivity index is 1.89. The van der Waals surface area contributed by atoms with E-state index in [0.717, 1.165) is 0 Å². The van der Waals surface area contributed by atoms with Gasteiger partial charge >= 0.3 is 15.5 Å². The van der Waals surface area contributed by atoms with Crippen LogP contribution in [0.4, 0.5) is 18.9 Å². The number of halogens is 3. The van der Waals surface area contributed by atoms with Crippen molar-refractivity contribution in [3.05, 3.63) is 23.8 Å². The number of epoxide rings is 1. The Labute approximate surface area is 154 Å². The molecule has 0 saturated carbocycles. The Kier molecular flexibility index (Phi) is 5.02. The van der Waals surface area contributed by atoms with Gasteiger partial charge in [0, 0.05) is 25.9 Å². The summed E-state index contributed by atoms with van der Waals surface area (Å²) in [4.78, 5) is 13.2. The highest BCUT2D eigenvalue weighted by Gasteiger charge is 2.53. The highest BCUT2D eigenvalue weighted by molar-refractivity contribution is 7.93. The molecule has 1 fully saturated rings. The lowest BCUT2D eigenvalue weighted by atomic mass is 9.97. The van der Waals surface area contributed by atoms with Crippen LogP contribution in [0.25, 0.3) is 0 Å². The SMILES string of the molecule is COc1ccc2c(c1)C(CCN(C(C)=O)C1CO1)CN2S(=O)(=O)C(F)(F)F. The molecule has 0 spiro atoms. The highest BCUT2D eigenvalue weighted by Crippen LogP contribution is 2.44. The van der Waals surface area contributed by atoms with Gasteiger partial charge in [-0.2, -0.15) is 21.6 Å². The van der Waals surface area contributed by atoms with Crippen LogP contribution in [-0.2, 0) is 19.6 Å². The molecule has 3 rings (SSSR count). The van der Waals surface area contributed by atoms with Crippen molar-refractivity contribution in [2.75, 3.05) is 31.1 Å². The zero-order chi connectivity index (χ0) is 20.0. The number of methoxy groups -OCH3 is 1. The van der Waals surface area contributed by atoms with Crippen molar-refractivity contribution in [2.24, 2.45) is 0 Å². The second kappa shape index (κ2) is 6.86. The molecule has 0 radical (unpaired) electrons. The van der Waals surface area contributed by atoms with Crippen molar-refractivity contribution in [3.63, 3.8) is 0 Å². The van der Waals surface area contributed by atoms with Crippen LogP contribution >= 0.6 is 0 Å². The van der Waals surface area contributed by atoms with E-state index < -0.39 is 21.4 Å². The maximum Gasteiger partial charge on any atom is 0.516 e. The number of amides is 1. The van der Waals surface area contributed by atoms with Crippen LogP contribution in [0.15, 0.2) is 18.2 Å². The summed E-state index contributed by atoms with van der Waals surface area (Å²) in [6, 6.07) is 4.27. The van der Waals surface area contributed by atoms with Gasteiger partial charge in [0.15, 0.2) is 6.23 Å². The summed E-state index contributed by atoms with van der Waals surface area (Å²) in [5.74, 6) is -0.298. The summed E-state index contributed by atoms with van der Waals surface area (Å²) >= 11 is 0. The molecule has 2 heterocycles. The summed E-state index contributed by atoms with van der Waals surface area (Å²) in [7, 11) is -4.10. The Morgan fingerprint density at radius 1 is 1.41 bits per heavy atom. The van der Waals surface area contributed by atoms with Crippen molar-refractivity contribution in [1.29, 1.82) is 0 Å². The molecule has 11 heteroatoms. The predicted molar refractivity (Wildman–Crippen MR) is 89.8 cm³/mol. The number of fused-ring (bicyclic) bond motifs is 1. The van der Waals surface area contributed by atoms with Crippen molar-refractivity contribution in [1.82, 2.24) is 4.90 Å². The number of carbonyl (C=O) groups excluding carboxylic acids is 1. The van der Waals surface area contributed by atoms with Crippen molar-refractivity contribution in [2.45, 2.75) is 31.0 Å².